The molecule has 0 aromatic heterocycles. The first-order chi connectivity index (χ1) is 11.6. The maximum absolute atomic E-state index is 9.46. The number of halogens is 2. The molecule has 1 aliphatic rings. The van der Waals surface area contributed by atoms with Crippen molar-refractivity contribution in [1.82, 2.24) is 3.26 Å². The molecule has 3 nitrogen and oxygen atoms in total. The standard InChI is InChI=1S/C13H9.C4H10N.C2H5O2.CH3.2ClH.H2Si.Zr/c1-3-7-12-10(5-1)9-11-6-2-4-8-13(11)12;1-4(2,3)5;3-1-2-4;;;;;/h1-9H;5H,1-3H3;3H,1-2H2;1H3;2*1H;1H2;/q;2*-1;;;;;+2. The summed E-state index contributed by atoms with van der Waals surface area (Å²) in [4.78, 5) is 0. The number of hydrogen-bond donors (Lipinski definition) is 2. The topological polar surface area (TPSA) is 41.5 Å². The third-order valence-electron chi connectivity index (χ3n) is 4.90. The van der Waals surface area contributed by atoms with Gasteiger partial charge in [0.25, 0.3) is 0 Å². The summed E-state index contributed by atoms with van der Waals surface area (Å²) in [5.41, 5.74) is 5.31. The van der Waals surface area contributed by atoms with Crippen LogP contribution in [0.2, 0.25) is 4.63 Å². The van der Waals surface area contributed by atoms with Crippen LogP contribution in [0.25, 0.3) is 11.1 Å². The van der Waals surface area contributed by atoms with Crippen molar-refractivity contribution in [2.75, 3.05) is 13.2 Å². The van der Waals surface area contributed by atoms with E-state index in [9.17, 15) is 5.11 Å². The number of nitrogens with one attached hydrogen (secondary N) is 1. The molecule has 0 aliphatic heterocycles. The molecule has 0 atom stereocenters. The molecule has 2 N–H and O–H groups in total. The molecule has 0 saturated heterocycles. The molecule has 2 aromatic carbocycles. The molecule has 0 heterocycles. The molecule has 0 radical (unpaired) electrons. The molecule has 2 aromatic rings. The summed E-state index contributed by atoms with van der Waals surface area (Å²) >= 11 is -3.95. The predicted molar refractivity (Wildman–Crippen MR) is 119 cm³/mol. The average Bonchev–Trinajstić information content (AvgIpc) is 2.87. The molecular weight excluding hydrogens is 476 g/mol. The first-order valence-electron chi connectivity index (χ1n) is 8.93. The van der Waals surface area contributed by atoms with Crippen LogP contribution in [-0.4, -0.2) is 30.7 Å². The quantitative estimate of drug-likeness (QED) is 0.599. The van der Waals surface area contributed by atoms with E-state index >= 15 is 0 Å². The third kappa shape index (κ3) is 4.95. The van der Waals surface area contributed by atoms with E-state index in [1.165, 1.54) is 22.3 Å². The van der Waals surface area contributed by atoms with Gasteiger partial charge >= 0.3 is 155 Å². The summed E-state index contributed by atoms with van der Waals surface area (Å²) in [6, 6.07) is 17.4. The van der Waals surface area contributed by atoms with E-state index in [2.05, 4.69) is 84.1 Å². The van der Waals surface area contributed by atoms with Gasteiger partial charge in [-0.15, -0.1) is 24.8 Å². The Hall–Kier alpha value is -0.000000000000000333. The van der Waals surface area contributed by atoms with E-state index in [4.69, 9.17) is 2.81 Å². The van der Waals surface area contributed by atoms with Gasteiger partial charge in [-0.2, -0.15) is 0 Å². The Kier molecular flexibility index (Phi) is 8.15. The molecule has 0 bridgehead atoms. The molecule has 0 saturated carbocycles. The van der Waals surface area contributed by atoms with E-state index in [0.717, 1.165) is 0 Å². The van der Waals surface area contributed by atoms with Crippen molar-refractivity contribution in [3.8, 4) is 11.1 Å². The molecule has 0 amide bonds. The van der Waals surface area contributed by atoms with Crippen LogP contribution in [0.5, 0.6) is 0 Å². The molecule has 27 heavy (non-hydrogen) atoms. The number of rotatable bonds is 5. The minimum absolute atomic E-state index is 0. The zero-order valence-electron chi connectivity index (χ0n) is 16.5. The van der Waals surface area contributed by atoms with E-state index < -0.39 is 18.1 Å². The summed E-state index contributed by atoms with van der Waals surface area (Å²) < 4.78 is 13.1. The van der Waals surface area contributed by atoms with Gasteiger partial charge < -0.3 is 0 Å². The van der Waals surface area contributed by atoms with Gasteiger partial charge in [0, 0.05) is 0 Å². The van der Waals surface area contributed by atoms with Gasteiger partial charge in [0.15, 0.2) is 0 Å². The maximum Gasteiger partial charge on any atom is -0.147 e. The normalized spacial score (nSPS) is 14.0. The Morgan fingerprint density at radius 1 is 1.00 bits per heavy atom. The second-order valence-corrected chi connectivity index (χ2v) is 31.4. The summed E-state index contributed by atoms with van der Waals surface area (Å²) in [6.45, 7) is 9.09. The minimum atomic E-state index is -3.95. The Labute approximate surface area is 178 Å². The van der Waals surface area contributed by atoms with Gasteiger partial charge in [-0.25, -0.2) is 0 Å². The molecular formula is C20H31Cl2NO2SiZr. The first kappa shape index (κ1) is 25.0. The van der Waals surface area contributed by atoms with Crippen LogP contribution in [0.4, 0.5) is 0 Å². The molecule has 3 rings (SSSR count). The van der Waals surface area contributed by atoms with Crippen molar-refractivity contribution in [1.29, 1.82) is 0 Å². The Balaban J connectivity index is 0.00000182. The van der Waals surface area contributed by atoms with Gasteiger partial charge in [-0.05, 0) is 0 Å². The molecule has 0 unspecified atom stereocenters. The van der Waals surface area contributed by atoms with E-state index in [-0.39, 0.29) is 40.6 Å². The Morgan fingerprint density at radius 2 is 1.44 bits per heavy atom. The van der Waals surface area contributed by atoms with Gasteiger partial charge in [0.05, 0.1) is 0 Å². The zero-order valence-corrected chi connectivity index (χ0v) is 22.0. The van der Waals surface area contributed by atoms with E-state index in [0.29, 0.717) is 6.61 Å². The summed E-state index contributed by atoms with van der Waals surface area (Å²) in [6.07, 6.45) is 0. The fourth-order valence-electron chi connectivity index (χ4n) is 4.50. The van der Waals surface area contributed by atoms with Gasteiger partial charge in [0.1, 0.15) is 0 Å². The van der Waals surface area contributed by atoms with Crippen LogP contribution in [0, 0.1) is 0 Å². The number of aliphatic hydroxyl groups excluding tert-OH is 1. The summed E-state index contributed by atoms with van der Waals surface area (Å²) in [5, 5.41) is 9.46. The van der Waals surface area contributed by atoms with Crippen molar-refractivity contribution < 1.29 is 26.0 Å². The average molecular weight is 508 g/mol. The second-order valence-electron chi connectivity index (χ2n) is 8.54. The maximum atomic E-state index is 9.46. The van der Waals surface area contributed by atoms with Crippen LogP contribution in [-0.2, 0) is 20.9 Å². The molecule has 0 fully saturated rings. The predicted octanol–water partition coefficient (Wildman–Crippen LogP) is 4.11. The largest absolute Gasteiger partial charge is 0.147 e. The van der Waals surface area contributed by atoms with Gasteiger partial charge in [-0.1, -0.05) is 0 Å². The fraction of sp³-hybridized carbons (Fsp3) is 0.400. The number of fused-ring (bicyclic) bond motifs is 3. The summed E-state index contributed by atoms with van der Waals surface area (Å²) in [7, 11) is 0. The molecule has 1 aliphatic carbocycles. The van der Waals surface area contributed by atoms with Crippen molar-refractivity contribution >= 4 is 31.7 Å². The second kappa shape index (κ2) is 8.79. The Bertz CT molecular complexity index is 824. The van der Waals surface area contributed by atoms with Crippen LogP contribution >= 0.6 is 24.8 Å². The first-order valence-corrected chi connectivity index (χ1v) is 21.0. The summed E-state index contributed by atoms with van der Waals surface area (Å²) in [5.74, 6) is 0. The van der Waals surface area contributed by atoms with Crippen LogP contribution < -0.4 is 3.26 Å². The van der Waals surface area contributed by atoms with Crippen molar-refractivity contribution in [3.05, 3.63) is 59.7 Å². The SMILES string of the molecule is CC(C)(C)[NH][Zr]([CH3])(=[SiH2])([O]CCO)[CH]1c2ccccc2-c2ccccc21.Cl.Cl. The van der Waals surface area contributed by atoms with Gasteiger partial charge in [0.2, 0.25) is 0 Å². The molecule has 7 heteroatoms. The van der Waals surface area contributed by atoms with Gasteiger partial charge in [-0.3, -0.25) is 0 Å². The van der Waals surface area contributed by atoms with Crippen molar-refractivity contribution in [3.63, 3.8) is 0 Å². The molecule has 0 spiro atoms. The number of aliphatic hydroxyl groups is 1. The van der Waals surface area contributed by atoms with Crippen LogP contribution in [0.3, 0.4) is 0 Å². The molecule has 150 valence electrons. The number of benzene rings is 2. The number of hydrogen-bond acceptors (Lipinski definition) is 3. The third-order valence-corrected chi connectivity index (χ3v) is 20.8. The van der Waals surface area contributed by atoms with Crippen molar-refractivity contribution in [2.45, 2.75) is 34.6 Å². The van der Waals surface area contributed by atoms with Crippen LogP contribution in [0.15, 0.2) is 48.5 Å². The fourth-order valence-corrected chi connectivity index (χ4v) is 23.9. The minimum Gasteiger partial charge on any atom is -0.147 e. The van der Waals surface area contributed by atoms with E-state index in [1.54, 1.807) is 0 Å². The van der Waals surface area contributed by atoms with Crippen LogP contribution in [0.1, 0.15) is 35.5 Å². The zero-order chi connectivity index (χ0) is 18.3. The van der Waals surface area contributed by atoms with E-state index in [1.807, 2.05) is 0 Å². The van der Waals surface area contributed by atoms with Crippen molar-refractivity contribution in [2.24, 2.45) is 0 Å². The Morgan fingerprint density at radius 3 is 1.85 bits per heavy atom. The monoisotopic (exact) mass is 505 g/mol. The smallest absolute Gasteiger partial charge is 0.147 e.